The van der Waals surface area contributed by atoms with Gasteiger partial charge in [-0.2, -0.15) is 0 Å². The lowest BCUT2D eigenvalue weighted by molar-refractivity contribution is -0.385. The maximum atomic E-state index is 10.7. The molecule has 0 amide bonds. The first kappa shape index (κ1) is 11.2. The minimum absolute atomic E-state index is 0.0313. The third kappa shape index (κ3) is 2.27. The molecule has 0 bridgehead atoms. The van der Waals surface area contributed by atoms with Gasteiger partial charge in [-0.3, -0.25) is 10.1 Å². The fourth-order valence-electron chi connectivity index (χ4n) is 1.45. The number of rotatable bonds is 4. The number of hydrogen-bond acceptors (Lipinski definition) is 3. The summed E-state index contributed by atoms with van der Waals surface area (Å²) in [5.74, 6) is 1.17. The quantitative estimate of drug-likeness (QED) is 0.600. The topological polar surface area (TPSA) is 52.4 Å². The van der Waals surface area contributed by atoms with Crippen LogP contribution in [0.3, 0.4) is 0 Å². The fourth-order valence-corrected chi connectivity index (χ4v) is 1.67. The van der Waals surface area contributed by atoms with Gasteiger partial charge in [0.2, 0.25) is 0 Å². The smallest absolute Gasteiger partial charge is 0.274 e. The van der Waals surface area contributed by atoms with E-state index in [4.69, 9.17) is 16.3 Å². The van der Waals surface area contributed by atoms with E-state index in [1.807, 2.05) is 0 Å². The van der Waals surface area contributed by atoms with E-state index < -0.39 is 4.92 Å². The zero-order valence-electron chi connectivity index (χ0n) is 8.90. The molecule has 16 heavy (non-hydrogen) atoms. The van der Waals surface area contributed by atoms with Crippen molar-refractivity contribution >= 4 is 17.3 Å². The van der Waals surface area contributed by atoms with Crippen LogP contribution >= 0.6 is 11.6 Å². The highest BCUT2D eigenvalue weighted by Crippen LogP contribution is 2.36. The summed E-state index contributed by atoms with van der Waals surface area (Å²) in [4.78, 5) is 10.2. The van der Waals surface area contributed by atoms with Gasteiger partial charge in [-0.1, -0.05) is 11.6 Å². The molecule has 1 aliphatic carbocycles. The molecule has 1 aliphatic rings. The Labute approximate surface area is 98.3 Å². The van der Waals surface area contributed by atoms with E-state index in [1.54, 1.807) is 13.0 Å². The first-order chi connectivity index (χ1) is 7.59. The Morgan fingerprint density at radius 1 is 1.56 bits per heavy atom. The van der Waals surface area contributed by atoms with Crippen LogP contribution in [-0.2, 0) is 0 Å². The van der Waals surface area contributed by atoms with Gasteiger partial charge in [-0.15, -0.1) is 0 Å². The summed E-state index contributed by atoms with van der Waals surface area (Å²) in [7, 11) is 0. The number of benzene rings is 1. The van der Waals surface area contributed by atoms with Crippen LogP contribution < -0.4 is 4.74 Å². The molecule has 0 saturated heterocycles. The number of nitro benzene ring substituents is 1. The molecule has 0 unspecified atom stereocenters. The molecule has 86 valence electrons. The highest BCUT2D eigenvalue weighted by molar-refractivity contribution is 6.33. The van der Waals surface area contributed by atoms with Gasteiger partial charge in [0.15, 0.2) is 0 Å². The molecule has 4 nitrogen and oxygen atoms in total. The van der Waals surface area contributed by atoms with Crippen LogP contribution in [0.25, 0.3) is 0 Å². The Morgan fingerprint density at radius 2 is 2.25 bits per heavy atom. The van der Waals surface area contributed by atoms with Crippen LogP contribution in [0.5, 0.6) is 5.75 Å². The summed E-state index contributed by atoms with van der Waals surface area (Å²) in [6, 6.07) is 3.00. The van der Waals surface area contributed by atoms with Crippen molar-refractivity contribution in [3.05, 3.63) is 32.8 Å². The molecule has 0 aromatic heterocycles. The third-order valence-corrected chi connectivity index (χ3v) is 3.16. The summed E-state index contributed by atoms with van der Waals surface area (Å²) < 4.78 is 5.52. The van der Waals surface area contributed by atoms with E-state index in [0.29, 0.717) is 28.9 Å². The van der Waals surface area contributed by atoms with Gasteiger partial charge in [-0.25, -0.2) is 0 Å². The van der Waals surface area contributed by atoms with Crippen molar-refractivity contribution in [1.82, 2.24) is 0 Å². The summed E-state index contributed by atoms with van der Waals surface area (Å²) in [6.45, 7) is 2.28. The first-order valence-electron chi connectivity index (χ1n) is 5.16. The van der Waals surface area contributed by atoms with Crippen molar-refractivity contribution < 1.29 is 9.66 Å². The van der Waals surface area contributed by atoms with Crippen LogP contribution in [0, 0.1) is 23.0 Å². The minimum atomic E-state index is -0.439. The molecule has 0 radical (unpaired) electrons. The van der Waals surface area contributed by atoms with Crippen LogP contribution in [0.2, 0.25) is 5.02 Å². The molecule has 0 heterocycles. The molecule has 0 spiro atoms. The van der Waals surface area contributed by atoms with Gasteiger partial charge in [0, 0.05) is 11.6 Å². The molecule has 0 N–H and O–H groups in total. The second kappa shape index (κ2) is 4.29. The van der Waals surface area contributed by atoms with Crippen molar-refractivity contribution in [1.29, 1.82) is 0 Å². The Morgan fingerprint density at radius 3 is 2.81 bits per heavy atom. The zero-order valence-corrected chi connectivity index (χ0v) is 9.66. The van der Waals surface area contributed by atoms with Gasteiger partial charge in [-0.05, 0) is 31.7 Å². The van der Waals surface area contributed by atoms with Crippen LogP contribution in [0.4, 0.5) is 5.69 Å². The number of hydrogen-bond donors (Lipinski definition) is 0. The van der Waals surface area contributed by atoms with Crippen LogP contribution in [0.15, 0.2) is 12.1 Å². The average molecular weight is 242 g/mol. The highest BCUT2D eigenvalue weighted by Gasteiger charge is 2.23. The Balaban J connectivity index is 2.19. The standard InChI is InChI=1S/C11H12ClNO3/c1-7-9(13(14)15)4-5-10(11(7)12)16-6-8-2-3-8/h4-5,8H,2-3,6H2,1H3. The van der Waals surface area contributed by atoms with Crippen molar-refractivity contribution in [3.8, 4) is 5.75 Å². The van der Waals surface area contributed by atoms with Crippen LogP contribution in [-0.4, -0.2) is 11.5 Å². The molecule has 0 atom stereocenters. The van der Waals surface area contributed by atoms with E-state index in [9.17, 15) is 10.1 Å². The lowest BCUT2D eigenvalue weighted by atomic mass is 10.2. The Bertz CT molecular complexity index is 429. The lowest BCUT2D eigenvalue weighted by Gasteiger charge is -2.09. The molecule has 5 heteroatoms. The predicted octanol–water partition coefficient (Wildman–Crippen LogP) is 3.35. The lowest BCUT2D eigenvalue weighted by Crippen LogP contribution is -2.01. The molecule has 1 saturated carbocycles. The maximum Gasteiger partial charge on any atom is 0.274 e. The predicted molar refractivity (Wildman–Crippen MR) is 61.1 cm³/mol. The summed E-state index contributed by atoms with van der Waals surface area (Å²) in [6.07, 6.45) is 2.40. The Hall–Kier alpha value is -1.29. The normalized spacial score (nSPS) is 14.9. The van der Waals surface area contributed by atoms with Crippen molar-refractivity contribution in [2.45, 2.75) is 19.8 Å². The number of ether oxygens (including phenoxy) is 1. The third-order valence-electron chi connectivity index (χ3n) is 2.69. The van der Waals surface area contributed by atoms with E-state index in [-0.39, 0.29) is 5.69 Å². The monoisotopic (exact) mass is 241 g/mol. The Kier molecular flexibility index (Phi) is 3.01. The van der Waals surface area contributed by atoms with Gasteiger partial charge in [0.1, 0.15) is 5.75 Å². The number of nitro groups is 1. The van der Waals surface area contributed by atoms with Gasteiger partial charge in [0.05, 0.1) is 16.6 Å². The molecule has 1 aromatic carbocycles. The number of nitrogens with zero attached hydrogens (tertiary/aromatic N) is 1. The van der Waals surface area contributed by atoms with E-state index >= 15 is 0 Å². The average Bonchev–Trinajstić information content (AvgIpc) is 3.03. The van der Waals surface area contributed by atoms with E-state index in [0.717, 1.165) is 0 Å². The molecule has 1 fully saturated rings. The second-order valence-corrected chi connectivity index (χ2v) is 4.41. The molecular weight excluding hydrogens is 230 g/mol. The maximum absolute atomic E-state index is 10.7. The van der Waals surface area contributed by atoms with E-state index in [1.165, 1.54) is 18.9 Å². The molecule has 0 aliphatic heterocycles. The molecule has 1 aromatic rings. The number of halogens is 1. The van der Waals surface area contributed by atoms with Crippen LogP contribution in [0.1, 0.15) is 18.4 Å². The largest absolute Gasteiger partial charge is 0.492 e. The first-order valence-corrected chi connectivity index (χ1v) is 5.53. The highest BCUT2D eigenvalue weighted by atomic mass is 35.5. The van der Waals surface area contributed by atoms with E-state index in [2.05, 4.69) is 0 Å². The molecular formula is C11H12ClNO3. The van der Waals surface area contributed by atoms with Gasteiger partial charge >= 0.3 is 0 Å². The SMILES string of the molecule is Cc1c([N+](=O)[O-])ccc(OCC2CC2)c1Cl. The summed E-state index contributed by atoms with van der Waals surface area (Å²) >= 11 is 6.02. The molecule has 2 rings (SSSR count). The van der Waals surface area contributed by atoms with Crippen molar-refractivity contribution in [3.63, 3.8) is 0 Å². The summed E-state index contributed by atoms with van der Waals surface area (Å²) in [5, 5.41) is 11.0. The minimum Gasteiger partial charge on any atom is -0.492 e. The summed E-state index contributed by atoms with van der Waals surface area (Å²) in [5.41, 5.74) is 0.490. The van der Waals surface area contributed by atoms with Gasteiger partial charge in [0.25, 0.3) is 5.69 Å². The zero-order chi connectivity index (χ0) is 11.7. The van der Waals surface area contributed by atoms with Crippen molar-refractivity contribution in [2.24, 2.45) is 5.92 Å². The van der Waals surface area contributed by atoms with Gasteiger partial charge < -0.3 is 4.74 Å². The fraction of sp³-hybridized carbons (Fsp3) is 0.455. The van der Waals surface area contributed by atoms with Crippen molar-refractivity contribution in [2.75, 3.05) is 6.61 Å². The second-order valence-electron chi connectivity index (χ2n) is 4.03.